The fourth-order valence-corrected chi connectivity index (χ4v) is 2.26. The van der Waals surface area contributed by atoms with Crippen LogP contribution in [0.2, 0.25) is 0 Å². The number of nitrogens with one attached hydrogen (secondary N) is 1. The molecule has 1 heterocycles. The van der Waals surface area contributed by atoms with Crippen LogP contribution < -0.4 is 5.32 Å². The summed E-state index contributed by atoms with van der Waals surface area (Å²) < 4.78 is 5.25. The molecule has 120 valence electrons. The van der Waals surface area contributed by atoms with Crippen molar-refractivity contribution in [3.05, 3.63) is 29.8 Å². The molecule has 5 heteroatoms. The standard InChI is InChI=1S/C17H24N2O3/c1-3-13(2)17(21)18-15-6-4-14(5-7-15)12-16(20)19-8-10-22-11-9-19/h4-7,13H,3,8-12H2,1-2H3,(H,18,21). The fourth-order valence-electron chi connectivity index (χ4n) is 2.26. The van der Waals surface area contributed by atoms with E-state index in [0.717, 1.165) is 17.7 Å². The average molecular weight is 304 g/mol. The smallest absolute Gasteiger partial charge is 0.227 e. The van der Waals surface area contributed by atoms with Crippen LogP contribution in [0.1, 0.15) is 25.8 Å². The predicted octanol–water partition coefficient (Wildman–Crippen LogP) is 2.07. The van der Waals surface area contributed by atoms with E-state index in [9.17, 15) is 9.59 Å². The molecule has 0 aliphatic carbocycles. The molecule has 1 saturated heterocycles. The number of hydrogen-bond donors (Lipinski definition) is 1. The second kappa shape index (κ2) is 7.94. The molecule has 1 fully saturated rings. The molecule has 1 aliphatic rings. The number of ether oxygens (including phenoxy) is 1. The number of carbonyl (C=O) groups is 2. The number of anilines is 1. The Morgan fingerprint density at radius 1 is 1.23 bits per heavy atom. The molecular weight excluding hydrogens is 280 g/mol. The van der Waals surface area contributed by atoms with Crippen LogP contribution in [0.5, 0.6) is 0 Å². The molecule has 1 N–H and O–H groups in total. The van der Waals surface area contributed by atoms with Gasteiger partial charge in [0.15, 0.2) is 0 Å². The van der Waals surface area contributed by atoms with Crippen LogP contribution in [0.3, 0.4) is 0 Å². The van der Waals surface area contributed by atoms with E-state index in [4.69, 9.17) is 4.74 Å². The molecular formula is C17H24N2O3. The zero-order chi connectivity index (χ0) is 15.9. The van der Waals surface area contributed by atoms with E-state index in [0.29, 0.717) is 32.7 Å². The fraction of sp³-hybridized carbons (Fsp3) is 0.529. The van der Waals surface area contributed by atoms with E-state index in [-0.39, 0.29) is 17.7 Å². The van der Waals surface area contributed by atoms with Crippen LogP contribution >= 0.6 is 0 Å². The lowest BCUT2D eigenvalue weighted by molar-refractivity contribution is -0.134. The molecule has 22 heavy (non-hydrogen) atoms. The minimum Gasteiger partial charge on any atom is -0.378 e. The van der Waals surface area contributed by atoms with Gasteiger partial charge in [0.1, 0.15) is 0 Å². The number of rotatable bonds is 5. The van der Waals surface area contributed by atoms with E-state index in [2.05, 4.69) is 5.32 Å². The largest absolute Gasteiger partial charge is 0.378 e. The van der Waals surface area contributed by atoms with Gasteiger partial charge in [0, 0.05) is 24.7 Å². The summed E-state index contributed by atoms with van der Waals surface area (Å²) in [6.45, 7) is 6.47. The first-order chi connectivity index (χ1) is 10.6. The quantitative estimate of drug-likeness (QED) is 0.906. The number of amides is 2. The van der Waals surface area contributed by atoms with Gasteiger partial charge in [-0.1, -0.05) is 26.0 Å². The highest BCUT2D eigenvalue weighted by atomic mass is 16.5. The molecule has 0 radical (unpaired) electrons. The third kappa shape index (κ3) is 4.56. The van der Waals surface area contributed by atoms with Crippen LogP contribution in [0.15, 0.2) is 24.3 Å². The lowest BCUT2D eigenvalue weighted by Gasteiger charge is -2.26. The summed E-state index contributed by atoms with van der Waals surface area (Å²) in [5, 5.41) is 2.89. The second-order valence-corrected chi connectivity index (χ2v) is 5.67. The van der Waals surface area contributed by atoms with Crippen molar-refractivity contribution in [2.24, 2.45) is 5.92 Å². The van der Waals surface area contributed by atoms with Gasteiger partial charge < -0.3 is 15.0 Å². The highest BCUT2D eigenvalue weighted by molar-refractivity contribution is 5.92. The van der Waals surface area contributed by atoms with Crippen LogP contribution in [0.25, 0.3) is 0 Å². The third-order valence-electron chi connectivity index (χ3n) is 4.00. The molecule has 1 aliphatic heterocycles. The van der Waals surface area contributed by atoms with Crippen molar-refractivity contribution in [3.8, 4) is 0 Å². The molecule has 1 unspecified atom stereocenters. The molecule has 1 aromatic carbocycles. The Kier molecular flexibility index (Phi) is 5.95. The van der Waals surface area contributed by atoms with Crippen molar-refractivity contribution < 1.29 is 14.3 Å². The van der Waals surface area contributed by atoms with E-state index in [1.54, 1.807) is 0 Å². The third-order valence-corrected chi connectivity index (χ3v) is 4.00. The van der Waals surface area contributed by atoms with Gasteiger partial charge in [-0.25, -0.2) is 0 Å². The molecule has 0 bridgehead atoms. The van der Waals surface area contributed by atoms with Gasteiger partial charge in [0.05, 0.1) is 19.6 Å². The number of nitrogens with zero attached hydrogens (tertiary/aromatic N) is 1. The summed E-state index contributed by atoms with van der Waals surface area (Å²) in [4.78, 5) is 25.8. The minimum atomic E-state index is 0.00238. The first kappa shape index (κ1) is 16.5. The summed E-state index contributed by atoms with van der Waals surface area (Å²) in [6.07, 6.45) is 1.21. The Labute approximate surface area is 131 Å². The van der Waals surface area contributed by atoms with Gasteiger partial charge in [-0.05, 0) is 24.1 Å². The predicted molar refractivity (Wildman–Crippen MR) is 85.6 cm³/mol. The summed E-state index contributed by atoms with van der Waals surface area (Å²) in [5.41, 5.74) is 1.73. The van der Waals surface area contributed by atoms with Crippen molar-refractivity contribution in [1.82, 2.24) is 4.90 Å². The number of hydrogen-bond acceptors (Lipinski definition) is 3. The van der Waals surface area contributed by atoms with E-state index in [1.807, 2.05) is 43.0 Å². The minimum absolute atomic E-state index is 0.00238. The van der Waals surface area contributed by atoms with Crippen LogP contribution in [-0.2, 0) is 20.7 Å². The number of carbonyl (C=O) groups excluding carboxylic acids is 2. The Morgan fingerprint density at radius 2 is 1.86 bits per heavy atom. The first-order valence-electron chi connectivity index (χ1n) is 7.85. The van der Waals surface area contributed by atoms with E-state index < -0.39 is 0 Å². The van der Waals surface area contributed by atoms with E-state index >= 15 is 0 Å². The summed E-state index contributed by atoms with van der Waals surface area (Å²) in [5.74, 6) is 0.155. The van der Waals surface area contributed by atoms with E-state index in [1.165, 1.54) is 0 Å². The summed E-state index contributed by atoms with van der Waals surface area (Å²) in [6, 6.07) is 7.49. The van der Waals surface area contributed by atoms with Crippen molar-refractivity contribution >= 4 is 17.5 Å². The number of morpholine rings is 1. The van der Waals surface area contributed by atoms with Gasteiger partial charge in [0.2, 0.25) is 11.8 Å². The highest BCUT2D eigenvalue weighted by Gasteiger charge is 2.17. The van der Waals surface area contributed by atoms with Gasteiger partial charge in [-0.15, -0.1) is 0 Å². The highest BCUT2D eigenvalue weighted by Crippen LogP contribution is 2.13. The second-order valence-electron chi connectivity index (χ2n) is 5.67. The van der Waals surface area contributed by atoms with Crippen molar-refractivity contribution in [2.75, 3.05) is 31.6 Å². The van der Waals surface area contributed by atoms with Gasteiger partial charge >= 0.3 is 0 Å². The Morgan fingerprint density at radius 3 is 2.45 bits per heavy atom. The Hall–Kier alpha value is -1.88. The van der Waals surface area contributed by atoms with Crippen LogP contribution in [0.4, 0.5) is 5.69 Å². The van der Waals surface area contributed by atoms with Crippen molar-refractivity contribution in [2.45, 2.75) is 26.7 Å². The molecule has 5 nitrogen and oxygen atoms in total. The first-order valence-corrected chi connectivity index (χ1v) is 7.85. The van der Waals surface area contributed by atoms with Crippen molar-refractivity contribution in [1.29, 1.82) is 0 Å². The number of benzene rings is 1. The molecule has 2 amide bonds. The topological polar surface area (TPSA) is 58.6 Å². The zero-order valence-corrected chi connectivity index (χ0v) is 13.3. The Bertz CT molecular complexity index is 507. The molecule has 0 spiro atoms. The molecule has 2 rings (SSSR count). The van der Waals surface area contributed by atoms with Crippen LogP contribution in [0, 0.1) is 5.92 Å². The van der Waals surface area contributed by atoms with Crippen molar-refractivity contribution in [3.63, 3.8) is 0 Å². The van der Waals surface area contributed by atoms with Gasteiger partial charge in [0.25, 0.3) is 0 Å². The maximum Gasteiger partial charge on any atom is 0.227 e. The lowest BCUT2D eigenvalue weighted by atomic mass is 10.1. The zero-order valence-electron chi connectivity index (χ0n) is 13.3. The molecule has 0 aromatic heterocycles. The molecule has 1 aromatic rings. The van der Waals surface area contributed by atoms with Crippen LogP contribution in [-0.4, -0.2) is 43.0 Å². The average Bonchev–Trinajstić information content (AvgIpc) is 2.56. The normalized spacial score (nSPS) is 16.2. The van der Waals surface area contributed by atoms with Gasteiger partial charge in [-0.3, -0.25) is 9.59 Å². The van der Waals surface area contributed by atoms with Gasteiger partial charge in [-0.2, -0.15) is 0 Å². The monoisotopic (exact) mass is 304 g/mol. The Balaban J connectivity index is 1.88. The molecule has 0 saturated carbocycles. The maximum absolute atomic E-state index is 12.2. The maximum atomic E-state index is 12.2. The summed E-state index contributed by atoms with van der Waals surface area (Å²) >= 11 is 0. The SMILES string of the molecule is CCC(C)C(=O)Nc1ccc(CC(=O)N2CCOCC2)cc1. The summed E-state index contributed by atoms with van der Waals surface area (Å²) in [7, 11) is 0. The lowest BCUT2D eigenvalue weighted by Crippen LogP contribution is -2.41. The molecule has 1 atom stereocenters.